The van der Waals surface area contributed by atoms with Gasteiger partial charge in [0.1, 0.15) is 11.9 Å². The summed E-state index contributed by atoms with van der Waals surface area (Å²) in [7, 11) is 3.39. The zero-order valence-corrected chi connectivity index (χ0v) is 11.2. The van der Waals surface area contributed by atoms with Gasteiger partial charge in [0.2, 0.25) is 0 Å². The zero-order chi connectivity index (χ0) is 13.5. The molecule has 0 amide bonds. The van der Waals surface area contributed by atoms with Gasteiger partial charge in [0.15, 0.2) is 0 Å². The first-order chi connectivity index (χ1) is 9.33. The van der Waals surface area contributed by atoms with Crippen LogP contribution in [0.2, 0.25) is 0 Å². The van der Waals surface area contributed by atoms with Gasteiger partial charge in [0.25, 0.3) is 0 Å². The molecule has 0 fully saturated rings. The van der Waals surface area contributed by atoms with Crippen molar-refractivity contribution in [2.75, 3.05) is 14.2 Å². The van der Waals surface area contributed by atoms with Crippen LogP contribution in [-0.2, 0) is 4.74 Å². The molecule has 0 radical (unpaired) electrons. The highest BCUT2D eigenvalue weighted by Gasteiger charge is 2.04. The third-order valence-electron chi connectivity index (χ3n) is 2.96. The van der Waals surface area contributed by atoms with E-state index in [0.29, 0.717) is 0 Å². The van der Waals surface area contributed by atoms with E-state index in [-0.39, 0.29) is 6.10 Å². The van der Waals surface area contributed by atoms with Crippen LogP contribution >= 0.6 is 0 Å². The SMILES string of the molecule is COc1ccc(/C=C/C(OC)c2ccccc2)cc1. The molecular weight excluding hydrogens is 236 g/mol. The number of ether oxygens (including phenoxy) is 2. The van der Waals surface area contributed by atoms with E-state index >= 15 is 0 Å². The van der Waals surface area contributed by atoms with Crippen molar-refractivity contribution in [3.63, 3.8) is 0 Å². The van der Waals surface area contributed by atoms with E-state index < -0.39 is 0 Å². The van der Waals surface area contributed by atoms with Gasteiger partial charge in [0, 0.05) is 7.11 Å². The molecule has 2 rings (SSSR count). The molecule has 2 heteroatoms. The van der Waals surface area contributed by atoms with E-state index in [4.69, 9.17) is 9.47 Å². The van der Waals surface area contributed by atoms with Gasteiger partial charge in [-0.05, 0) is 23.3 Å². The Balaban J connectivity index is 2.11. The van der Waals surface area contributed by atoms with Crippen LogP contribution < -0.4 is 4.74 Å². The highest BCUT2D eigenvalue weighted by Crippen LogP contribution is 2.20. The number of methoxy groups -OCH3 is 2. The molecule has 1 unspecified atom stereocenters. The first-order valence-electron chi connectivity index (χ1n) is 6.23. The highest BCUT2D eigenvalue weighted by molar-refractivity contribution is 5.51. The second-order valence-electron chi connectivity index (χ2n) is 4.20. The van der Waals surface area contributed by atoms with E-state index in [9.17, 15) is 0 Å². The van der Waals surface area contributed by atoms with Crippen LogP contribution in [0, 0.1) is 0 Å². The van der Waals surface area contributed by atoms with E-state index in [1.165, 1.54) is 0 Å². The molecule has 0 aliphatic heterocycles. The molecule has 98 valence electrons. The molecule has 0 spiro atoms. The zero-order valence-electron chi connectivity index (χ0n) is 11.2. The van der Waals surface area contributed by atoms with Crippen molar-refractivity contribution >= 4 is 6.08 Å². The minimum atomic E-state index is -0.0247. The van der Waals surface area contributed by atoms with E-state index in [0.717, 1.165) is 16.9 Å². The van der Waals surface area contributed by atoms with Crippen molar-refractivity contribution in [2.45, 2.75) is 6.10 Å². The molecule has 2 aromatic rings. The van der Waals surface area contributed by atoms with Gasteiger partial charge in [-0.2, -0.15) is 0 Å². The van der Waals surface area contributed by atoms with Gasteiger partial charge in [-0.3, -0.25) is 0 Å². The van der Waals surface area contributed by atoms with Gasteiger partial charge in [-0.15, -0.1) is 0 Å². The van der Waals surface area contributed by atoms with Gasteiger partial charge in [-0.25, -0.2) is 0 Å². The molecule has 0 bridgehead atoms. The minimum absolute atomic E-state index is 0.0247. The Morgan fingerprint density at radius 3 is 2.16 bits per heavy atom. The van der Waals surface area contributed by atoms with Crippen LogP contribution in [0.15, 0.2) is 60.7 Å². The normalized spacial score (nSPS) is 12.5. The molecular formula is C17H18O2. The van der Waals surface area contributed by atoms with Crippen LogP contribution in [0.3, 0.4) is 0 Å². The molecule has 0 saturated carbocycles. The first kappa shape index (κ1) is 13.4. The Kier molecular flexibility index (Phi) is 4.76. The van der Waals surface area contributed by atoms with E-state index in [2.05, 4.69) is 24.3 Å². The molecule has 2 nitrogen and oxygen atoms in total. The second kappa shape index (κ2) is 6.76. The largest absolute Gasteiger partial charge is 0.497 e. The fourth-order valence-electron chi connectivity index (χ4n) is 1.88. The molecule has 0 saturated heterocycles. The van der Waals surface area contributed by atoms with Crippen LogP contribution in [0.25, 0.3) is 6.08 Å². The molecule has 0 heterocycles. The third kappa shape index (κ3) is 3.70. The molecule has 19 heavy (non-hydrogen) atoms. The summed E-state index contributed by atoms with van der Waals surface area (Å²) in [6.45, 7) is 0. The Morgan fingerprint density at radius 1 is 0.895 bits per heavy atom. The summed E-state index contributed by atoms with van der Waals surface area (Å²) in [6, 6.07) is 18.1. The standard InChI is InChI=1S/C17H18O2/c1-18-16-11-8-14(9-12-16)10-13-17(19-2)15-6-4-3-5-7-15/h3-13,17H,1-2H3/b13-10+. The summed E-state index contributed by atoms with van der Waals surface area (Å²) in [5.74, 6) is 0.864. The molecule has 0 aliphatic rings. The smallest absolute Gasteiger partial charge is 0.118 e. The van der Waals surface area contributed by atoms with Crippen LogP contribution in [0.5, 0.6) is 5.75 Å². The van der Waals surface area contributed by atoms with Gasteiger partial charge in [0.05, 0.1) is 7.11 Å². The molecule has 2 aromatic carbocycles. The maximum Gasteiger partial charge on any atom is 0.118 e. The monoisotopic (exact) mass is 254 g/mol. The highest BCUT2D eigenvalue weighted by atomic mass is 16.5. The maximum atomic E-state index is 5.49. The predicted molar refractivity (Wildman–Crippen MR) is 78.2 cm³/mol. The lowest BCUT2D eigenvalue weighted by atomic mass is 10.1. The molecule has 0 N–H and O–H groups in total. The Bertz CT molecular complexity index is 515. The Morgan fingerprint density at radius 2 is 1.58 bits per heavy atom. The van der Waals surface area contributed by atoms with Crippen LogP contribution in [0.4, 0.5) is 0 Å². The summed E-state index contributed by atoms with van der Waals surface area (Å²) in [6.07, 6.45) is 4.08. The fraction of sp³-hybridized carbons (Fsp3) is 0.176. The lowest BCUT2D eigenvalue weighted by Gasteiger charge is -2.10. The quantitative estimate of drug-likeness (QED) is 0.800. The van der Waals surface area contributed by atoms with Crippen LogP contribution in [0.1, 0.15) is 17.2 Å². The Labute approximate surface area is 114 Å². The fourth-order valence-corrected chi connectivity index (χ4v) is 1.88. The summed E-state index contributed by atoms with van der Waals surface area (Å²) in [5, 5.41) is 0. The predicted octanol–water partition coefficient (Wildman–Crippen LogP) is 4.10. The molecule has 0 aliphatic carbocycles. The van der Waals surface area contributed by atoms with Crippen molar-refractivity contribution in [3.05, 3.63) is 71.8 Å². The average Bonchev–Trinajstić information content (AvgIpc) is 2.49. The van der Waals surface area contributed by atoms with Crippen molar-refractivity contribution in [3.8, 4) is 5.75 Å². The number of hydrogen-bond acceptors (Lipinski definition) is 2. The van der Waals surface area contributed by atoms with Crippen LogP contribution in [-0.4, -0.2) is 14.2 Å². The maximum absolute atomic E-state index is 5.49. The molecule has 1 atom stereocenters. The van der Waals surface area contributed by atoms with Crippen molar-refractivity contribution in [1.29, 1.82) is 0 Å². The van der Waals surface area contributed by atoms with Gasteiger partial charge in [-0.1, -0.05) is 54.6 Å². The van der Waals surface area contributed by atoms with Crippen molar-refractivity contribution in [2.24, 2.45) is 0 Å². The van der Waals surface area contributed by atoms with Gasteiger partial charge >= 0.3 is 0 Å². The van der Waals surface area contributed by atoms with E-state index in [1.54, 1.807) is 14.2 Å². The number of benzene rings is 2. The first-order valence-corrected chi connectivity index (χ1v) is 6.23. The lowest BCUT2D eigenvalue weighted by Crippen LogP contribution is -1.96. The van der Waals surface area contributed by atoms with Gasteiger partial charge < -0.3 is 9.47 Å². The number of hydrogen-bond donors (Lipinski definition) is 0. The average molecular weight is 254 g/mol. The summed E-state index contributed by atoms with van der Waals surface area (Å²) in [4.78, 5) is 0. The summed E-state index contributed by atoms with van der Waals surface area (Å²) < 4.78 is 10.6. The number of rotatable bonds is 5. The molecule has 0 aromatic heterocycles. The lowest BCUT2D eigenvalue weighted by molar-refractivity contribution is 0.143. The van der Waals surface area contributed by atoms with Crippen molar-refractivity contribution < 1.29 is 9.47 Å². The van der Waals surface area contributed by atoms with E-state index in [1.807, 2.05) is 42.5 Å². The minimum Gasteiger partial charge on any atom is -0.497 e. The third-order valence-corrected chi connectivity index (χ3v) is 2.96. The summed E-state index contributed by atoms with van der Waals surface area (Å²) >= 11 is 0. The Hall–Kier alpha value is -2.06. The second-order valence-corrected chi connectivity index (χ2v) is 4.20. The topological polar surface area (TPSA) is 18.5 Å². The van der Waals surface area contributed by atoms with Crippen molar-refractivity contribution in [1.82, 2.24) is 0 Å². The summed E-state index contributed by atoms with van der Waals surface area (Å²) in [5.41, 5.74) is 2.27.